The maximum Gasteiger partial charge on any atom is 0.481 e. The number of nitrogens with one attached hydrogen (secondary N) is 3. The summed E-state index contributed by atoms with van der Waals surface area (Å²) in [6.45, 7) is 11.8. The number of guanidine groups is 1. The Hall–Kier alpha value is -1.81. The Morgan fingerprint density at radius 3 is 2.41 bits per heavy atom. The summed E-state index contributed by atoms with van der Waals surface area (Å²) in [6, 6.07) is -0.629. The van der Waals surface area contributed by atoms with E-state index in [4.69, 9.17) is 15.0 Å². The first kappa shape index (κ1) is 32.1. The molecule has 1 heterocycles. The van der Waals surface area contributed by atoms with Crippen molar-refractivity contribution in [2.24, 2.45) is 39.8 Å². The van der Waals surface area contributed by atoms with Gasteiger partial charge in [0, 0.05) is 20.0 Å². The Morgan fingerprint density at radius 2 is 1.78 bits per heavy atom. The zero-order valence-corrected chi connectivity index (χ0v) is 26.5. The topological polar surface area (TPSA) is 127 Å². The van der Waals surface area contributed by atoms with Crippen LogP contribution in [0.4, 0.5) is 0 Å². The second-order valence-corrected chi connectivity index (χ2v) is 14.4. The summed E-state index contributed by atoms with van der Waals surface area (Å²) in [5.74, 6) is 1.75. The molecule has 2 bridgehead atoms. The first-order chi connectivity index (χ1) is 19.4. The van der Waals surface area contributed by atoms with Gasteiger partial charge in [0.15, 0.2) is 5.96 Å². The van der Waals surface area contributed by atoms with Crippen LogP contribution in [0, 0.1) is 29.1 Å². The van der Waals surface area contributed by atoms with Crippen molar-refractivity contribution in [2.75, 3.05) is 13.6 Å². The van der Waals surface area contributed by atoms with Crippen LogP contribution in [0.5, 0.6) is 0 Å². The number of amides is 2. The molecule has 0 spiro atoms. The number of hydrogen-bond donors (Lipinski definition) is 4. The molecule has 4 saturated carbocycles. The normalized spacial score (nSPS) is 31.0. The molecule has 9 nitrogen and oxygen atoms in total. The molecule has 5 aliphatic rings. The van der Waals surface area contributed by atoms with E-state index in [1.165, 1.54) is 32.1 Å². The molecule has 0 aromatic rings. The standard InChI is InChI=1S/C31H56BN5O4/c1-20(2)16-26(32-40-25-19-22-18-24(30(22,3)4)31(25,5)41-32)37-28(39)23(14-11-15-35-29(33)34-6)36-27(38)17-21-12-9-7-8-10-13-21/h20-26H,7-19H2,1-6H3,(H,36,38)(H,37,39)(H3,33,34,35)/t22-,23-,24-,25+,26-,31-/m0/s1. The zero-order chi connectivity index (χ0) is 29.8. The minimum Gasteiger partial charge on any atom is -0.404 e. The Balaban J connectivity index is 1.41. The van der Waals surface area contributed by atoms with E-state index in [2.05, 4.69) is 55.6 Å². The van der Waals surface area contributed by atoms with Crippen molar-refractivity contribution in [1.29, 1.82) is 0 Å². The summed E-state index contributed by atoms with van der Waals surface area (Å²) < 4.78 is 13.3. The van der Waals surface area contributed by atoms with E-state index in [0.29, 0.717) is 55.4 Å². The summed E-state index contributed by atoms with van der Waals surface area (Å²) in [5, 5.41) is 9.42. The minimum atomic E-state index is -0.629. The molecule has 0 unspecified atom stereocenters. The van der Waals surface area contributed by atoms with Crippen LogP contribution in [0.1, 0.15) is 112 Å². The zero-order valence-electron chi connectivity index (χ0n) is 26.5. The van der Waals surface area contributed by atoms with Crippen LogP contribution in [0.3, 0.4) is 0 Å². The van der Waals surface area contributed by atoms with Gasteiger partial charge in [0.25, 0.3) is 0 Å². The number of nitrogens with two attached hydrogens (primary N) is 1. The summed E-state index contributed by atoms with van der Waals surface area (Å²) >= 11 is 0. The van der Waals surface area contributed by atoms with E-state index in [1.807, 2.05) is 0 Å². The van der Waals surface area contributed by atoms with Gasteiger partial charge in [-0.2, -0.15) is 0 Å². The Labute approximate surface area is 248 Å². The Bertz CT molecular complexity index is 937. The Kier molecular flexibility index (Phi) is 10.7. The van der Waals surface area contributed by atoms with E-state index >= 15 is 0 Å². The maximum atomic E-state index is 13.8. The predicted molar refractivity (Wildman–Crippen MR) is 164 cm³/mol. The highest BCUT2D eigenvalue weighted by Crippen LogP contribution is 2.65. The van der Waals surface area contributed by atoms with Gasteiger partial charge in [-0.15, -0.1) is 0 Å². The summed E-state index contributed by atoms with van der Waals surface area (Å²) in [5.41, 5.74) is 5.71. The Morgan fingerprint density at radius 1 is 1.07 bits per heavy atom. The van der Waals surface area contributed by atoms with Crippen LogP contribution in [-0.2, 0) is 18.9 Å². The van der Waals surface area contributed by atoms with Crippen molar-refractivity contribution in [2.45, 2.75) is 135 Å². The molecule has 6 atom stereocenters. The molecule has 0 aromatic heterocycles. The van der Waals surface area contributed by atoms with Crippen LogP contribution in [-0.4, -0.2) is 62.2 Å². The van der Waals surface area contributed by atoms with Gasteiger partial charge in [0.1, 0.15) is 6.04 Å². The highest BCUT2D eigenvalue weighted by molar-refractivity contribution is 6.48. The molecule has 0 radical (unpaired) electrons. The molecule has 1 saturated heterocycles. The molecule has 5 rings (SSSR count). The molecule has 41 heavy (non-hydrogen) atoms. The number of hydrogen-bond acceptors (Lipinski definition) is 5. The lowest BCUT2D eigenvalue weighted by Gasteiger charge is -2.64. The molecule has 5 fully saturated rings. The molecule has 1 aliphatic heterocycles. The van der Waals surface area contributed by atoms with E-state index in [9.17, 15) is 9.59 Å². The first-order valence-corrected chi connectivity index (χ1v) is 16.3. The fraction of sp³-hybridized carbons (Fsp3) is 0.903. The molecular weight excluding hydrogens is 517 g/mol. The average Bonchev–Trinajstić information content (AvgIpc) is 3.07. The number of rotatable bonds is 12. The van der Waals surface area contributed by atoms with Crippen molar-refractivity contribution < 1.29 is 18.9 Å². The van der Waals surface area contributed by atoms with Crippen LogP contribution < -0.4 is 21.7 Å². The first-order valence-electron chi connectivity index (χ1n) is 16.3. The molecule has 4 aliphatic carbocycles. The van der Waals surface area contributed by atoms with E-state index in [0.717, 1.165) is 25.7 Å². The lowest BCUT2D eigenvalue weighted by Crippen LogP contribution is -2.65. The van der Waals surface area contributed by atoms with Crippen molar-refractivity contribution in [3.05, 3.63) is 0 Å². The van der Waals surface area contributed by atoms with Crippen molar-refractivity contribution in [1.82, 2.24) is 16.0 Å². The molecule has 232 valence electrons. The minimum absolute atomic E-state index is 0.0334. The van der Waals surface area contributed by atoms with Gasteiger partial charge in [-0.25, -0.2) is 0 Å². The van der Waals surface area contributed by atoms with Gasteiger partial charge in [0.05, 0.1) is 17.6 Å². The lowest BCUT2D eigenvalue weighted by atomic mass is 9.43. The number of nitrogens with zero attached hydrogens (tertiary/aromatic N) is 1. The van der Waals surface area contributed by atoms with Crippen LogP contribution in [0.25, 0.3) is 0 Å². The maximum absolute atomic E-state index is 13.8. The van der Waals surface area contributed by atoms with Gasteiger partial charge in [-0.05, 0) is 81.0 Å². The van der Waals surface area contributed by atoms with Crippen molar-refractivity contribution >= 4 is 24.9 Å². The second kappa shape index (κ2) is 13.7. The number of carbonyl (C=O) groups excluding carboxylic acids is 2. The van der Waals surface area contributed by atoms with Crippen LogP contribution in [0.2, 0.25) is 0 Å². The summed E-state index contributed by atoms with van der Waals surface area (Å²) in [4.78, 5) is 30.9. The summed E-state index contributed by atoms with van der Waals surface area (Å²) in [7, 11) is 1.14. The van der Waals surface area contributed by atoms with E-state index < -0.39 is 13.2 Å². The number of carbonyl (C=O) groups is 2. The third-order valence-electron chi connectivity index (χ3n) is 10.7. The third kappa shape index (κ3) is 7.59. The molecular formula is C31H56BN5O4. The fourth-order valence-electron chi connectivity index (χ4n) is 8.05. The lowest BCUT2D eigenvalue weighted by molar-refractivity contribution is -0.199. The second-order valence-electron chi connectivity index (χ2n) is 14.4. The highest BCUT2D eigenvalue weighted by Gasteiger charge is 2.68. The van der Waals surface area contributed by atoms with Gasteiger partial charge < -0.3 is 31.0 Å². The van der Waals surface area contributed by atoms with Gasteiger partial charge >= 0.3 is 7.12 Å². The quantitative estimate of drug-likeness (QED) is 0.0921. The smallest absolute Gasteiger partial charge is 0.404 e. The molecule has 5 N–H and O–H groups in total. The van der Waals surface area contributed by atoms with Gasteiger partial charge in [-0.3, -0.25) is 14.6 Å². The van der Waals surface area contributed by atoms with E-state index in [1.54, 1.807) is 7.05 Å². The predicted octanol–water partition coefficient (Wildman–Crippen LogP) is 3.94. The van der Waals surface area contributed by atoms with Crippen molar-refractivity contribution in [3.63, 3.8) is 0 Å². The largest absolute Gasteiger partial charge is 0.481 e. The van der Waals surface area contributed by atoms with Crippen LogP contribution >= 0.6 is 0 Å². The molecule has 2 amide bonds. The third-order valence-corrected chi connectivity index (χ3v) is 10.7. The summed E-state index contributed by atoms with van der Waals surface area (Å²) in [6.07, 6.45) is 11.7. The van der Waals surface area contributed by atoms with E-state index in [-0.39, 0.29) is 34.9 Å². The SMILES string of the molecule is CN=C(N)NCCC[C@H](NC(=O)CC1CCCCCC1)C(=O)N[C@@H](CC(C)C)B1O[C@@H]2C[C@@H]3C[C@@H](C3(C)C)[C@]2(C)O1. The van der Waals surface area contributed by atoms with Crippen molar-refractivity contribution in [3.8, 4) is 0 Å². The van der Waals surface area contributed by atoms with Gasteiger partial charge in [-0.1, -0.05) is 53.4 Å². The molecule has 0 aromatic carbocycles. The highest BCUT2D eigenvalue weighted by atomic mass is 16.7. The monoisotopic (exact) mass is 573 g/mol. The number of aliphatic imine (C=N–C) groups is 1. The average molecular weight is 574 g/mol. The van der Waals surface area contributed by atoms with Gasteiger partial charge in [0.2, 0.25) is 11.8 Å². The molecule has 10 heteroatoms. The van der Waals surface area contributed by atoms with Crippen LogP contribution in [0.15, 0.2) is 4.99 Å². The fourth-order valence-corrected chi connectivity index (χ4v) is 8.05.